The Kier molecular flexibility index (Phi) is 2.78. The normalized spacial score (nSPS) is 30.6. The van der Waals surface area contributed by atoms with Gasteiger partial charge in [0.15, 0.2) is 0 Å². The highest BCUT2D eigenvalue weighted by Gasteiger charge is 2.44. The third-order valence-electron chi connectivity index (χ3n) is 3.96. The van der Waals surface area contributed by atoms with Crippen LogP contribution in [0.1, 0.15) is 23.8 Å². The lowest BCUT2D eigenvalue weighted by Gasteiger charge is -2.27. The summed E-state index contributed by atoms with van der Waals surface area (Å²) in [6.07, 6.45) is 2.13. The zero-order chi connectivity index (χ0) is 12.7. The van der Waals surface area contributed by atoms with Gasteiger partial charge < -0.3 is 10.2 Å². The Bertz CT molecular complexity index is 462. The Morgan fingerprint density at radius 1 is 1.50 bits per heavy atom. The van der Waals surface area contributed by atoms with Crippen molar-refractivity contribution in [2.24, 2.45) is 5.92 Å². The molecule has 5 heteroatoms. The van der Waals surface area contributed by atoms with Crippen molar-refractivity contribution in [1.82, 2.24) is 15.2 Å². The van der Waals surface area contributed by atoms with E-state index in [-0.39, 0.29) is 18.0 Å². The lowest BCUT2D eigenvalue weighted by Crippen LogP contribution is -2.43. The number of carbonyl (C=O) groups is 1. The second-order valence-electron chi connectivity index (χ2n) is 5.14. The summed E-state index contributed by atoms with van der Waals surface area (Å²) in [5, 5.41) is 3.32. The maximum atomic E-state index is 12.8. The van der Waals surface area contributed by atoms with Crippen molar-refractivity contribution in [1.29, 1.82) is 0 Å². The van der Waals surface area contributed by atoms with Gasteiger partial charge in [-0.2, -0.15) is 0 Å². The molecule has 1 amide bonds. The van der Waals surface area contributed by atoms with Gasteiger partial charge in [0.1, 0.15) is 11.5 Å². The number of amides is 1. The molecule has 2 fully saturated rings. The molecule has 2 aliphatic heterocycles. The first-order valence-electron chi connectivity index (χ1n) is 6.32. The van der Waals surface area contributed by atoms with Crippen LogP contribution < -0.4 is 5.32 Å². The fourth-order valence-corrected chi connectivity index (χ4v) is 3.15. The van der Waals surface area contributed by atoms with Gasteiger partial charge in [-0.05, 0) is 31.4 Å². The molecule has 3 rings (SSSR count). The van der Waals surface area contributed by atoms with Gasteiger partial charge >= 0.3 is 0 Å². The molecule has 0 bridgehead atoms. The first-order valence-corrected chi connectivity index (χ1v) is 6.32. The number of hydrogen-bond acceptors (Lipinski definition) is 3. The lowest BCUT2D eigenvalue weighted by atomic mass is 10.0. The highest BCUT2D eigenvalue weighted by molar-refractivity contribution is 5.93. The van der Waals surface area contributed by atoms with Gasteiger partial charge in [0, 0.05) is 25.2 Å². The van der Waals surface area contributed by atoms with Gasteiger partial charge in [-0.1, -0.05) is 0 Å². The van der Waals surface area contributed by atoms with Crippen LogP contribution in [0.25, 0.3) is 0 Å². The number of fused-ring (bicyclic) bond motifs is 1. The number of hydrogen-bond donors (Lipinski definition) is 1. The van der Waals surface area contributed by atoms with Crippen LogP contribution in [0, 0.1) is 11.7 Å². The number of nitrogens with zero attached hydrogens (tertiary/aromatic N) is 2. The lowest BCUT2D eigenvalue weighted by molar-refractivity contribution is 0.0676. The molecule has 4 nitrogen and oxygen atoms in total. The average Bonchev–Trinajstić information content (AvgIpc) is 2.89. The van der Waals surface area contributed by atoms with E-state index in [4.69, 9.17) is 0 Å². The summed E-state index contributed by atoms with van der Waals surface area (Å²) in [6.45, 7) is 3.90. The Morgan fingerprint density at radius 2 is 2.33 bits per heavy atom. The summed E-state index contributed by atoms with van der Waals surface area (Å²) >= 11 is 0. The van der Waals surface area contributed by atoms with Crippen molar-refractivity contribution in [3.8, 4) is 0 Å². The summed E-state index contributed by atoms with van der Waals surface area (Å²) in [6, 6.07) is 3.24. The number of aromatic nitrogens is 1. The molecule has 96 valence electrons. The minimum atomic E-state index is -0.415. The van der Waals surface area contributed by atoms with E-state index >= 15 is 0 Å². The maximum absolute atomic E-state index is 12.8. The van der Waals surface area contributed by atoms with Crippen molar-refractivity contribution in [2.75, 3.05) is 13.1 Å². The number of carbonyl (C=O) groups excluding carboxylic acids is 1. The molecule has 1 N–H and O–H groups in total. The monoisotopic (exact) mass is 249 g/mol. The first-order chi connectivity index (χ1) is 8.66. The summed E-state index contributed by atoms with van der Waals surface area (Å²) in [5.74, 6) is 0.0459. The second-order valence-corrected chi connectivity index (χ2v) is 5.14. The molecule has 18 heavy (non-hydrogen) atoms. The molecule has 0 saturated carbocycles. The van der Waals surface area contributed by atoms with Crippen LogP contribution in [-0.2, 0) is 0 Å². The first kappa shape index (κ1) is 11.6. The second kappa shape index (κ2) is 4.31. The topological polar surface area (TPSA) is 45.2 Å². The largest absolute Gasteiger partial charge is 0.330 e. The Hall–Kier alpha value is -1.49. The highest BCUT2D eigenvalue weighted by Crippen LogP contribution is 2.33. The molecule has 0 spiro atoms. The molecule has 0 aliphatic carbocycles. The quantitative estimate of drug-likeness (QED) is 0.809. The van der Waals surface area contributed by atoms with Crippen LogP contribution in [0.3, 0.4) is 0 Å². The summed E-state index contributed by atoms with van der Waals surface area (Å²) in [4.78, 5) is 18.2. The van der Waals surface area contributed by atoms with E-state index < -0.39 is 5.82 Å². The summed E-state index contributed by atoms with van der Waals surface area (Å²) < 4.78 is 12.8. The van der Waals surface area contributed by atoms with E-state index in [0.29, 0.717) is 11.6 Å². The van der Waals surface area contributed by atoms with Crippen LogP contribution in [-0.4, -0.2) is 41.0 Å². The molecule has 0 radical (unpaired) electrons. The highest BCUT2D eigenvalue weighted by atomic mass is 19.1. The van der Waals surface area contributed by atoms with E-state index in [1.165, 1.54) is 12.1 Å². The minimum absolute atomic E-state index is 0.0845. The molecule has 1 aromatic heterocycles. The smallest absolute Gasteiger partial charge is 0.272 e. The zero-order valence-electron chi connectivity index (χ0n) is 10.3. The van der Waals surface area contributed by atoms with Crippen LogP contribution >= 0.6 is 0 Å². The number of halogens is 1. The summed E-state index contributed by atoms with van der Waals surface area (Å²) in [5.41, 5.74) is 0.329. The van der Waals surface area contributed by atoms with E-state index in [1.807, 2.05) is 4.90 Å². The molecular weight excluding hydrogens is 233 g/mol. The van der Waals surface area contributed by atoms with Crippen LogP contribution in [0.15, 0.2) is 18.3 Å². The zero-order valence-corrected chi connectivity index (χ0v) is 10.3. The van der Waals surface area contributed by atoms with Crippen molar-refractivity contribution in [3.05, 3.63) is 29.8 Å². The van der Waals surface area contributed by atoms with Gasteiger partial charge in [0.05, 0.1) is 6.20 Å². The fraction of sp³-hybridized carbons (Fsp3) is 0.538. The van der Waals surface area contributed by atoms with Gasteiger partial charge in [-0.3, -0.25) is 4.79 Å². The van der Waals surface area contributed by atoms with Gasteiger partial charge in [0.25, 0.3) is 5.91 Å². The van der Waals surface area contributed by atoms with Gasteiger partial charge in [-0.25, -0.2) is 9.37 Å². The predicted molar refractivity (Wildman–Crippen MR) is 64.6 cm³/mol. The van der Waals surface area contributed by atoms with Crippen LogP contribution in [0.4, 0.5) is 4.39 Å². The minimum Gasteiger partial charge on any atom is -0.330 e. The SMILES string of the molecule is CC1CC2CNCC2N1C(=O)c1ccc(F)cn1. The molecule has 2 aliphatic rings. The van der Waals surface area contributed by atoms with Gasteiger partial charge in [-0.15, -0.1) is 0 Å². The van der Waals surface area contributed by atoms with E-state index in [2.05, 4.69) is 17.2 Å². The number of rotatable bonds is 1. The molecule has 3 heterocycles. The van der Waals surface area contributed by atoms with Crippen molar-refractivity contribution < 1.29 is 9.18 Å². The average molecular weight is 249 g/mol. The Morgan fingerprint density at radius 3 is 3.06 bits per heavy atom. The third kappa shape index (κ3) is 1.79. The number of nitrogens with one attached hydrogen (secondary N) is 1. The van der Waals surface area contributed by atoms with Gasteiger partial charge in [0.2, 0.25) is 0 Å². The maximum Gasteiger partial charge on any atom is 0.272 e. The standard InChI is InChI=1S/C13H16FN3O/c1-8-4-9-5-15-7-12(9)17(8)13(18)11-3-2-10(14)6-16-11/h2-3,6,8-9,12,15H,4-5,7H2,1H3. The van der Waals surface area contributed by atoms with Crippen molar-refractivity contribution in [3.63, 3.8) is 0 Å². The Balaban J connectivity index is 1.85. The fourth-order valence-electron chi connectivity index (χ4n) is 3.15. The molecule has 2 saturated heterocycles. The predicted octanol–water partition coefficient (Wildman–Crippen LogP) is 1.04. The van der Waals surface area contributed by atoms with E-state index in [1.54, 1.807) is 0 Å². The molecule has 1 aromatic rings. The molecule has 0 aromatic carbocycles. The Labute approximate surface area is 105 Å². The third-order valence-corrected chi connectivity index (χ3v) is 3.96. The number of likely N-dealkylation sites (tertiary alicyclic amines) is 1. The van der Waals surface area contributed by atoms with Crippen LogP contribution in [0.2, 0.25) is 0 Å². The van der Waals surface area contributed by atoms with E-state index in [0.717, 1.165) is 25.7 Å². The molecular formula is C13H16FN3O. The molecule has 3 atom stereocenters. The van der Waals surface area contributed by atoms with Crippen molar-refractivity contribution in [2.45, 2.75) is 25.4 Å². The number of pyridine rings is 1. The van der Waals surface area contributed by atoms with E-state index in [9.17, 15) is 9.18 Å². The van der Waals surface area contributed by atoms with Crippen LogP contribution in [0.5, 0.6) is 0 Å². The van der Waals surface area contributed by atoms with Crippen molar-refractivity contribution >= 4 is 5.91 Å². The summed E-state index contributed by atoms with van der Waals surface area (Å²) in [7, 11) is 0. The molecule has 3 unspecified atom stereocenters.